The van der Waals surface area contributed by atoms with E-state index in [1.54, 1.807) is 0 Å². The molecule has 82 valence electrons. The monoisotopic (exact) mass is 207 g/mol. The SMILES string of the molecule is C[C@H](NC(=O)CCCO)c1ccccc1. The fourth-order valence-corrected chi connectivity index (χ4v) is 1.38. The Kier molecular flexibility index (Phi) is 4.84. The fourth-order valence-electron chi connectivity index (χ4n) is 1.38. The second kappa shape index (κ2) is 6.19. The highest BCUT2D eigenvalue weighted by molar-refractivity contribution is 5.76. The lowest BCUT2D eigenvalue weighted by Crippen LogP contribution is -2.26. The number of rotatable bonds is 5. The number of carbonyl (C=O) groups excluding carboxylic acids is 1. The Morgan fingerprint density at radius 1 is 1.40 bits per heavy atom. The number of hydrogen-bond acceptors (Lipinski definition) is 2. The summed E-state index contributed by atoms with van der Waals surface area (Å²) in [7, 11) is 0. The molecule has 0 spiro atoms. The Morgan fingerprint density at radius 2 is 2.07 bits per heavy atom. The molecule has 0 radical (unpaired) electrons. The molecule has 2 N–H and O–H groups in total. The molecule has 15 heavy (non-hydrogen) atoms. The molecule has 0 unspecified atom stereocenters. The lowest BCUT2D eigenvalue weighted by molar-refractivity contribution is -0.122. The van der Waals surface area contributed by atoms with Crippen molar-refractivity contribution < 1.29 is 9.90 Å². The molecule has 1 amide bonds. The third-order valence-electron chi connectivity index (χ3n) is 2.24. The molecule has 0 aromatic heterocycles. The molecular weight excluding hydrogens is 190 g/mol. The van der Waals surface area contributed by atoms with Gasteiger partial charge in [-0.15, -0.1) is 0 Å². The first-order valence-electron chi connectivity index (χ1n) is 5.19. The smallest absolute Gasteiger partial charge is 0.220 e. The summed E-state index contributed by atoms with van der Waals surface area (Å²) in [4.78, 5) is 11.4. The number of amides is 1. The summed E-state index contributed by atoms with van der Waals surface area (Å²) in [5.74, 6) is -0.0135. The topological polar surface area (TPSA) is 49.3 Å². The number of carbonyl (C=O) groups is 1. The van der Waals surface area contributed by atoms with Gasteiger partial charge in [0.15, 0.2) is 0 Å². The van der Waals surface area contributed by atoms with E-state index in [4.69, 9.17) is 5.11 Å². The molecule has 0 heterocycles. The molecule has 3 nitrogen and oxygen atoms in total. The summed E-state index contributed by atoms with van der Waals surface area (Å²) in [6.07, 6.45) is 0.904. The molecule has 1 rings (SSSR count). The van der Waals surface area contributed by atoms with Gasteiger partial charge in [0.25, 0.3) is 0 Å². The molecule has 1 atom stereocenters. The van der Waals surface area contributed by atoms with Gasteiger partial charge in [0.2, 0.25) is 5.91 Å². The maximum Gasteiger partial charge on any atom is 0.220 e. The molecule has 0 saturated carbocycles. The number of aliphatic hydroxyl groups is 1. The van der Waals surface area contributed by atoms with E-state index in [0.29, 0.717) is 12.8 Å². The van der Waals surface area contributed by atoms with Crippen LogP contribution in [0.4, 0.5) is 0 Å². The second-order valence-corrected chi connectivity index (χ2v) is 3.53. The van der Waals surface area contributed by atoms with Crippen LogP contribution >= 0.6 is 0 Å². The summed E-state index contributed by atoms with van der Waals surface area (Å²) in [6, 6.07) is 9.84. The van der Waals surface area contributed by atoms with Crippen molar-refractivity contribution in [2.24, 2.45) is 0 Å². The van der Waals surface area contributed by atoms with E-state index in [-0.39, 0.29) is 18.6 Å². The van der Waals surface area contributed by atoms with Gasteiger partial charge in [-0.25, -0.2) is 0 Å². The van der Waals surface area contributed by atoms with Gasteiger partial charge in [-0.1, -0.05) is 30.3 Å². The van der Waals surface area contributed by atoms with Gasteiger partial charge >= 0.3 is 0 Å². The normalized spacial score (nSPS) is 12.1. The first kappa shape index (κ1) is 11.7. The Morgan fingerprint density at radius 3 is 2.67 bits per heavy atom. The van der Waals surface area contributed by atoms with Crippen molar-refractivity contribution in [3.8, 4) is 0 Å². The molecule has 0 aliphatic carbocycles. The van der Waals surface area contributed by atoms with Gasteiger partial charge in [0.1, 0.15) is 0 Å². The molecule has 1 aromatic carbocycles. The number of hydrogen-bond donors (Lipinski definition) is 2. The van der Waals surface area contributed by atoms with Crippen LogP contribution < -0.4 is 5.32 Å². The predicted molar refractivity (Wildman–Crippen MR) is 59.3 cm³/mol. The van der Waals surface area contributed by atoms with E-state index in [0.717, 1.165) is 5.56 Å². The van der Waals surface area contributed by atoms with Crippen LogP contribution in [0.1, 0.15) is 31.4 Å². The average molecular weight is 207 g/mol. The summed E-state index contributed by atoms with van der Waals surface area (Å²) in [5, 5.41) is 11.5. The molecule has 0 bridgehead atoms. The standard InChI is InChI=1S/C12H17NO2/c1-10(11-6-3-2-4-7-11)13-12(15)8-5-9-14/h2-4,6-7,10,14H,5,8-9H2,1H3,(H,13,15)/t10-/m0/s1. The maximum atomic E-state index is 11.4. The lowest BCUT2D eigenvalue weighted by atomic mass is 10.1. The minimum Gasteiger partial charge on any atom is -0.396 e. The quantitative estimate of drug-likeness (QED) is 0.771. The second-order valence-electron chi connectivity index (χ2n) is 3.53. The predicted octanol–water partition coefficient (Wildman–Crippen LogP) is 1.64. The summed E-state index contributed by atoms with van der Waals surface area (Å²) in [6.45, 7) is 2.01. The van der Waals surface area contributed by atoms with Gasteiger partial charge in [-0.05, 0) is 18.9 Å². The van der Waals surface area contributed by atoms with Crippen molar-refractivity contribution in [1.29, 1.82) is 0 Å². The average Bonchev–Trinajstić information content (AvgIpc) is 2.27. The largest absolute Gasteiger partial charge is 0.396 e. The van der Waals surface area contributed by atoms with E-state index < -0.39 is 0 Å². The third-order valence-corrected chi connectivity index (χ3v) is 2.24. The van der Waals surface area contributed by atoms with Crippen LogP contribution in [0.5, 0.6) is 0 Å². The first-order chi connectivity index (χ1) is 7.24. The van der Waals surface area contributed by atoms with Crippen LogP contribution in [-0.4, -0.2) is 17.6 Å². The van der Waals surface area contributed by atoms with Crippen molar-refractivity contribution in [2.45, 2.75) is 25.8 Å². The zero-order valence-corrected chi connectivity index (χ0v) is 8.94. The van der Waals surface area contributed by atoms with E-state index in [9.17, 15) is 4.79 Å². The van der Waals surface area contributed by atoms with Crippen molar-refractivity contribution in [1.82, 2.24) is 5.32 Å². The number of nitrogens with one attached hydrogen (secondary N) is 1. The molecule has 3 heteroatoms. The zero-order valence-electron chi connectivity index (χ0n) is 8.94. The Balaban J connectivity index is 2.42. The van der Waals surface area contributed by atoms with E-state index in [2.05, 4.69) is 5.32 Å². The first-order valence-corrected chi connectivity index (χ1v) is 5.19. The van der Waals surface area contributed by atoms with Crippen LogP contribution in [0.3, 0.4) is 0 Å². The van der Waals surface area contributed by atoms with E-state index >= 15 is 0 Å². The van der Waals surface area contributed by atoms with Crippen LogP contribution in [0.2, 0.25) is 0 Å². The molecule has 0 fully saturated rings. The summed E-state index contributed by atoms with van der Waals surface area (Å²) in [5.41, 5.74) is 1.09. The van der Waals surface area contributed by atoms with Gasteiger partial charge in [-0.3, -0.25) is 4.79 Å². The number of benzene rings is 1. The highest BCUT2D eigenvalue weighted by Gasteiger charge is 2.07. The van der Waals surface area contributed by atoms with Crippen LogP contribution in [0.15, 0.2) is 30.3 Å². The van der Waals surface area contributed by atoms with Crippen molar-refractivity contribution in [2.75, 3.05) is 6.61 Å². The van der Waals surface area contributed by atoms with Crippen molar-refractivity contribution in [3.63, 3.8) is 0 Å². The highest BCUT2D eigenvalue weighted by atomic mass is 16.3. The van der Waals surface area contributed by atoms with Gasteiger partial charge in [0, 0.05) is 13.0 Å². The maximum absolute atomic E-state index is 11.4. The third kappa shape index (κ3) is 4.13. The summed E-state index contributed by atoms with van der Waals surface area (Å²) >= 11 is 0. The van der Waals surface area contributed by atoms with Gasteiger partial charge in [0.05, 0.1) is 6.04 Å². The highest BCUT2D eigenvalue weighted by Crippen LogP contribution is 2.11. The summed E-state index contributed by atoms with van der Waals surface area (Å²) < 4.78 is 0. The Labute approximate surface area is 90.1 Å². The molecule has 1 aromatic rings. The van der Waals surface area contributed by atoms with Crippen LogP contribution in [0.25, 0.3) is 0 Å². The van der Waals surface area contributed by atoms with Crippen molar-refractivity contribution >= 4 is 5.91 Å². The Bertz CT molecular complexity index is 298. The van der Waals surface area contributed by atoms with Crippen molar-refractivity contribution in [3.05, 3.63) is 35.9 Å². The van der Waals surface area contributed by atoms with E-state index in [1.807, 2.05) is 37.3 Å². The minimum absolute atomic E-state index is 0.0135. The Hall–Kier alpha value is -1.35. The number of aliphatic hydroxyl groups excluding tert-OH is 1. The molecule has 0 aliphatic rings. The van der Waals surface area contributed by atoms with Gasteiger partial charge in [-0.2, -0.15) is 0 Å². The fraction of sp³-hybridized carbons (Fsp3) is 0.417. The molecule has 0 aliphatic heterocycles. The van der Waals surface area contributed by atoms with E-state index in [1.165, 1.54) is 0 Å². The minimum atomic E-state index is -0.0135. The zero-order chi connectivity index (χ0) is 11.1. The molecular formula is C12H17NO2. The van der Waals surface area contributed by atoms with Crippen LogP contribution in [0, 0.1) is 0 Å². The van der Waals surface area contributed by atoms with Crippen LogP contribution in [-0.2, 0) is 4.79 Å². The van der Waals surface area contributed by atoms with Gasteiger partial charge < -0.3 is 10.4 Å². The molecule has 0 saturated heterocycles. The lowest BCUT2D eigenvalue weighted by Gasteiger charge is -2.13.